The van der Waals surface area contributed by atoms with E-state index in [0.717, 1.165) is 16.5 Å². The first-order chi connectivity index (χ1) is 11.7. The van der Waals surface area contributed by atoms with Gasteiger partial charge >= 0.3 is 0 Å². The van der Waals surface area contributed by atoms with Gasteiger partial charge in [0.1, 0.15) is 5.58 Å². The van der Waals surface area contributed by atoms with Crippen LogP contribution >= 0.6 is 0 Å². The van der Waals surface area contributed by atoms with Crippen molar-refractivity contribution >= 4 is 26.7 Å². The van der Waals surface area contributed by atoms with E-state index < -0.39 is 9.84 Å². The lowest BCUT2D eigenvalue weighted by atomic mass is 9.95. The van der Waals surface area contributed by atoms with Crippen LogP contribution in [0.25, 0.3) is 11.0 Å². The van der Waals surface area contributed by atoms with Crippen molar-refractivity contribution in [1.82, 2.24) is 5.32 Å². The molecule has 0 bridgehead atoms. The van der Waals surface area contributed by atoms with E-state index in [0.29, 0.717) is 18.9 Å². The number of hydrogen-bond acceptors (Lipinski definition) is 4. The number of furan rings is 1. The molecule has 2 aromatic rings. The van der Waals surface area contributed by atoms with Gasteiger partial charge in [0.15, 0.2) is 9.84 Å². The number of carbonyl (C=O) groups is 1. The normalized spacial score (nSPS) is 19.6. The summed E-state index contributed by atoms with van der Waals surface area (Å²) in [7, 11) is -2.91. The number of benzene rings is 1. The second-order valence-electron chi connectivity index (χ2n) is 7.37. The Balaban J connectivity index is 1.68. The molecule has 5 nitrogen and oxygen atoms in total. The Bertz CT molecular complexity index is 896. The zero-order valence-corrected chi connectivity index (χ0v) is 15.8. The van der Waals surface area contributed by atoms with E-state index in [9.17, 15) is 13.2 Å². The van der Waals surface area contributed by atoms with Crippen LogP contribution in [0.4, 0.5) is 0 Å². The number of fused-ring (bicyclic) bond motifs is 1. The van der Waals surface area contributed by atoms with Gasteiger partial charge in [-0.25, -0.2) is 8.42 Å². The molecule has 1 aliphatic heterocycles. The van der Waals surface area contributed by atoms with E-state index in [1.807, 2.05) is 6.07 Å². The highest BCUT2D eigenvalue weighted by Crippen LogP contribution is 2.29. The maximum atomic E-state index is 12.3. The fourth-order valence-electron chi connectivity index (χ4n) is 3.53. The van der Waals surface area contributed by atoms with Gasteiger partial charge < -0.3 is 9.73 Å². The van der Waals surface area contributed by atoms with E-state index in [1.54, 1.807) is 6.26 Å². The molecule has 1 amide bonds. The summed E-state index contributed by atoms with van der Waals surface area (Å²) in [6.07, 6.45) is 2.52. The Morgan fingerprint density at radius 2 is 2.12 bits per heavy atom. The summed E-state index contributed by atoms with van der Waals surface area (Å²) < 4.78 is 28.6. The summed E-state index contributed by atoms with van der Waals surface area (Å²) in [6.45, 7) is 6.79. The fourth-order valence-corrected chi connectivity index (χ4v) is 5.39. The van der Waals surface area contributed by atoms with Crippen molar-refractivity contribution in [2.24, 2.45) is 5.92 Å². The first kappa shape index (κ1) is 18.0. The third-order valence-electron chi connectivity index (χ3n) is 4.93. The van der Waals surface area contributed by atoms with Crippen LogP contribution in [-0.4, -0.2) is 32.4 Å². The molecule has 1 aromatic carbocycles. The molecule has 1 atom stereocenters. The van der Waals surface area contributed by atoms with E-state index in [1.165, 1.54) is 11.1 Å². The lowest BCUT2D eigenvalue weighted by Crippen LogP contribution is -2.30. The number of hydrogen-bond donors (Lipinski definition) is 1. The van der Waals surface area contributed by atoms with Crippen LogP contribution in [0.2, 0.25) is 0 Å². The summed E-state index contributed by atoms with van der Waals surface area (Å²) >= 11 is 0. The number of sulfone groups is 1. The maximum Gasteiger partial charge on any atom is 0.224 e. The molecule has 0 aliphatic carbocycles. The Labute approximate surface area is 148 Å². The monoisotopic (exact) mass is 363 g/mol. The smallest absolute Gasteiger partial charge is 0.224 e. The van der Waals surface area contributed by atoms with Gasteiger partial charge in [-0.3, -0.25) is 4.79 Å². The molecule has 0 radical (unpaired) electrons. The zero-order valence-electron chi connectivity index (χ0n) is 15.0. The van der Waals surface area contributed by atoms with Crippen molar-refractivity contribution in [3.05, 3.63) is 35.1 Å². The predicted octanol–water partition coefficient (Wildman–Crippen LogP) is 2.96. The van der Waals surface area contributed by atoms with Gasteiger partial charge in [0.2, 0.25) is 5.91 Å². The highest BCUT2D eigenvalue weighted by atomic mass is 32.2. The van der Waals surface area contributed by atoms with E-state index in [4.69, 9.17) is 4.42 Å². The molecule has 1 aromatic heterocycles. The van der Waals surface area contributed by atoms with Crippen molar-refractivity contribution in [1.29, 1.82) is 0 Å². The number of rotatable bonds is 5. The number of carbonyl (C=O) groups excluding carboxylic acids is 1. The van der Waals surface area contributed by atoms with Gasteiger partial charge in [-0.2, -0.15) is 0 Å². The molecule has 0 spiro atoms. The molecule has 3 rings (SSSR count). The molecule has 1 aliphatic rings. The summed E-state index contributed by atoms with van der Waals surface area (Å²) in [5.74, 6) is 0.755. The fraction of sp³-hybridized carbons (Fsp3) is 0.526. The van der Waals surface area contributed by atoms with E-state index in [-0.39, 0.29) is 29.8 Å². The molecule has 1 saturated heterocycles. The van der Waals surface area contributed by atoms with Gasteiger partial charge in [0.25, 0.3) is 0 Å². The summed E-state index contributed by atoms with van der Waals surface area (Å²) in [5, 5.41) is 3.85. The summed E-state index contributed by atoms with van der Waals surface area (Å²) in [5.41, 5.74) is 4.11. The minimum Gasteiger partial charge on any atom is -0.464 e. The van der Waals surface area contributed by atoms with Crippen LogP contribution in [0.15, 0.2) is 22.8 Å². The van der Waals surface area contributed by atoms with Crippen molar-refractivity contribution in [3.63, 3.8) is 0 Å². The Kier molecular flexibility index (Phi) is 4.91. The molecule has 1 unspecified atom stereocenters. The van der Waals surface area contributed by atoms with Gasteiger partial charge in [0.05, 0.1) is 24.2 Å². The maximum absolute atomic E-state index is 12.3. The first-order valence-electron chi connectivity index (χ1n) is 8.73. The molecule has 1 N–H and O–H groups in total. The van der Waals surface area contributed by atoms with E-state index in [2.05, 4.69) is 32.2 Å². The lowest BCUT2D eigenvalue weighted by molar-refractivity contribution is -0.120. The number of aryl methyl sites for hydroxylation is 1. The quantitative estimate of drug-likeness (QED) is 0.886. The Hall–Kier alpha value is -1.82. The molecular weight excluding hydrogens is 338 g/mol. The summed E-state index contributed by atoms with van der Waals surface area (Å²) in [6, 6.07) is 4.14. The molecular formula is C19H25NO4S. The highest BCUT2D eigenvalue weighted by Gasteiger charge is 2.28. The molecule has 6 heteroatoms. The largest absolute Gasteiger partial charge is 0.464 e. The molecule has 2 heterocycles. The molecule has 1 fully saturated rings. The molecule has 25 heavy (non-hydrogen) atoms. The first-order valence-corrected chi connectivity index (χ1v) is 10.5. The standard InChI is InChI=1S/C19H25NO4S/c1-12(2)16-8-17-15(10-24-18(17)6-13(16)3)7-19(21)20-9-14-4-5-25(22,23)11-14/h6,8,10,12,14H,4-5,7,9,11H2,1-3H3,(H,20,21). The van der Waals surface area contributed by atoms with Crippen molar-refractivity contribution in [2.45, 2.75) is 39.5 Å². The predicted molar refractivity (Wildman–Crippen MR) is 98.5 cm³/mol. The third-order valence-corrected chi connectivity index (χ3v) is 6.77. The SMILES string of the molecule is Cc1cc2occ(CC(=O)NCC3CCS(=O)(=O)C3)c2cc1C(C)C. The van der Waals surface area contributed by atoms with Crippen molar-refractivity contribution in [2.75, 3.05) is 18.1 Å². The minimum atomic E-state index is -2.91. The number of nitrogens with one attached hydrogen (secondary N) is 1. The second kappa shape index (κ2) is 6.83. The molecule has 0 saturated carbocycles. The van der Waals surface area contributed by atoms with Crippen LogP contribution in [-0.2, 0) is 21.1 Å². The topological polar surface area (TPSA) is 76.4 Å². The Morgan fingerprint density at radius 1 is 1.36 bits per heavy atom. The number of amides is 1. The lowest BCUT2D eigenvalue weighted by Gasteiger charge is -2.11. The minimum absolute atomic E-state index is 0.0326. The Morgan fingerprint density at radius 3 is 2.76 bits per heavy atom. The van der Waals surface area contributed by atoms with Crippen LogP contribution in [0.1, 0.15) is 42.9 Å². The average molecular weight is 363 g/mol. The molecule has 136 valence electrons. The van der Waals surface area contributed by atoms with Crippen molar-refractivity contribution < 1.29 is 17.6 Å². The van der Waals surface area contributed by atoms with Crippen molar-refractivity contribution in [3.8, 4) is 0 Å². The van der Waals surface area contributed by atoms with Gasteiger partial charge in [-0.1, -0.05) is 13.8 Å². The zero-order chi connectivity index (χ0) is 18.2. The van der Waals surface area contributed by atoms with Gasteiger partial charge in [-0.15, -0.1) is 0 Å². The summed E-state index contributed by atoms with van der Waals surface area (Å²) in [4.78, 5) is 12.3. The van der Waals surface area contributed by atoms with Crippen LogP contribution in [0.5, 0.6) is 0 Å². The second-order valence-corrected chi connectivity index (χ2v) is 9.60. The highest BCUT2D eigenvalue weighted by molar-refractivity contribution is 7.91. The van der Waals surface area contributed by atoms with Gasteiger partial charge in [-0.05, 0) is 48.4 Å². The van der Waals surface area contributed by atoms with Crippen LogP contribution in [0, 0.1) is 12.8 Å². The van der Waals surface area contributed by atoms with Crippen LogP contribution < -0.4 is 5.32 Å². The van der Waals surface area contributed by atoms with Crippen LogP contribution in [0.3, 0.4) is 0 Å². The van der Waals surface area contributed by atoms with Gasteiger partial charge in [0, 0.05) is 17.5 Å². The average Bonchev–Trinajstić information content (AvgIpc) is 3.07. The third kappa shape index (κ3) is 4.06. The van der Waals surface area contributed by atoms with E-state index >= 15 is 0 Å².